The number of nitrogens with zero attached hydrogens (tertiary/aromatic N) is 1. The summed E-state index contributed by atoms with van der Waals surface area (Å²) in [7, 11) is 0. The van der Waals surface area contributed by atoms with Crippen LogP contribution in [0.25, 0.3) is 0 Å². The Morgan fingerprint density at radius 1 is 1.17 bits per heavy atom. The van der Waals surface area contributed by atoms with Gasteiger partial charge in [-0.05, 0) is 42.3 Å². The number of ether oxygens (including phenoxy) is 2. The molecule has 2 aromatic rings. The van der Waals surface area contributed by atoms with Crippen molar-refractivity contribution in [3.8, 4) is 11.8 Å². The fourth-order valence-corrected chi connectivity index (χ4v) is 3.53. The zero-order valence-electron chi connectivity index (χ0n) is 12.4. The number of hydrogen-bond acceptors (Lipinski definition) is 5. The summed E-state index contributed by atoms with van der Waals surface area (Å²) < 4.78 is 10.8. The van der Waals surface area contributed by atoms with E-state index in [0.29, 0.717) is 17.9 Å². The summed E-state index contributed by atoms with van der Waals surface area (Å²) in [6.45, 7) is 0.508. The van der Waals surface area contributed by atoms with Gasteiger partial charge in [-0.1, -0.05) is 18.2 Å². The Balaban J connectivity index is 1.41. The minimum Gasteiger partial charge on any atom is -0.490 e. The zero-order chi connectivity index (χ0) is 16.1. The standard InChI is InChI=1S/C18H15NO3S/c19-12-13-5-7-15(8-6-13)21-9-10-22-18(20)17-11-14-3-1-2-4-16(14)23-17/h1-8,17H,9-11H2. The van der Waals surface area contributed by atoms with E-state index in [0.717, 1.165) is 11.3 Å². The molecule has 23 heavy (non-hydrogen) atoms. The van der Waals surface area contributed by atoms with Crippen LogP contribution in [0.2, 0.25) is 0 Å². The highest BCUT2D eigenvalue weighted by atomic mass is 32.2. The normalized spacial score (nSPS) is 15.5. The Bertz CT molecular complexity index is 712. The molecule has 1 aliphatic rings. The number of esters is 1. The van der Waals surface area contributed by atoms with Crippen LogP contribution in [0.3, 0.4) is 0 Å². The number of thioether (sulfide) groups is 1. The topological polar surface area (TPSA) is 59.3 Å². The number of fused-ring (bicyclic) bond motifs is 1. The van der Waals surface area contributed by atoms with E-state index in [1.807, 2.05) is 30.3 Å². The molecule has 0 saturated carbocycles. The third kappa shape index (κ3) is 3.85. The Hall–Kier alpha value is -2.45. The van der Waals surface area contributed by atoms with Crippen molar-refractivity contribution in [2.75, 3.05) is 13.2 Å². The van der Waals surface area contributed by atoms with E-state index in [9.17, 15) is 4.79 Å². The average Bonchev–Trinajstić information content (AvgIpc) is 3.03. The first-order chi connectivity index (χ1) is 11.3. The Kier molecular flexibility index (Phi) is 4.84. The molecule has 2 aromatic carbocycles. The summed E-state index contributed by atoms with van der Waals surface area (Å²) in [5.74, 6) is 0.456. The lowest BCUT2D eigenvalue weighted by Crippen LogP contribution is -2.22. The highest BCUT2D eigenvalue weighted by Crippen LogP contribution is 2.37. The van der Waals surface area contributed by atoms with E-state index in [2.05, 4.69) is 0 Å². The van der Waals surface area contributed by atoms with Crippen LogP contribution in [0.1, 0.15) is 11.1 Å². The summed E-state index contributed by atoms with van der Waals surface area (Å²) in [5, 5.41) is 8.56. The molecule has 1 atom stereocenters. The second-order valence-corrected chi connectivity index (χ2v) is 6.32. The molecule has 1 heterocycles. The van der Waals surface area contributed by atoms with Gasteiger partial charge >= 0.3 is 5.97 Å². The Morgan fingerprint density at radius 3 is 2.70 bits per heavy atom. The number of carbonyl (C=O) groups is 1. The van der Waals surface area contributed by atoms with Crippen LogP contribution >= 0.6 is 11.8 Å². The first-order valence-corrected chi connectivity index (χ1v) is 8.18. The van der Waals surface area contributed by atoms with Gasteiger partial charge < -0.3 is 9.47 Å². The fraction of sp³-hybridized carbons (Fsp3) is 0.222. The van der Waals surface area contributed by atoms with Gasteiger partial charge in [0.2, 0.25) is 0 Å². The predicted molar refractivity (Wildman–Crippen MR) is 87.4 cm³/mol. The first kappa shape index (κ1) is 15.4. The molecule has 0 fully saturated rings. The summed E-state index contributed by atoms with van der Waals surface area (Å²) in [6, 6.07) is 16.9. The quantitative estimate of drug-likeness (QED) is 0.624. The van der Waals surface area contributed by atoms with Crippen molar-refractivity contribution in [2.24, 2.45) is 0 Å². The smallest absolute Gasteiger partial charge is 0.319 e. The van der Waals surface area contributed by atoms with Gasteiger partial charge in [0.15, 0.2) is 0 Å². The Labute approximate surface area is 139 Å². The molecule has 3 rings (SSSR count). The van der Waals surface area contributed by atoms with Crippen LogP contribution < -0.4 is 4.74 Å². The van der Waals surface area contributed by atoms with Crippen molar-refractivity contribution in [2.45, 2.75) is 16.6 Å². The van der Waals surface area contributed by atoms with Gasteiger partial charge in [0, 0.05) is 4.90 Å². The van der Waals surface area contributed by atoms with Crippen LogP contribution in [0.5, 0.6) is 5.75 Å². The molecule has 1 unspecified atom stereocenters. The number of nitriles is 1. The SMILES string of the molecule is N#Cc1ccc(OCCOC(=O)C2Cc3ccccc3S2)cc1. The van der Waals surface area contributed by atoms with Crippen molar-refractivity contribution in [3.63, 3.8) is 0 Å². The molecular weight excluding hydrogens is 310 g/mol. The van der Waals surface area contributed by atoms with Gasteiger partial charge in [-0.15, -0.1) is 11.8 Å². The minimum absolute atomic E-state index is 0.165. The molecule has 0 amide bonds. The van der Waals surface area contributed by atoms with Crippen molar-refractivity contribution >= 4 is 17.7 Å². The second-order valence-electron chi connectivity index (χ2n) is 5.07. The molecule has 0 radical (unpaired) electrons. The minimum atomic E-state index is -0.199. The number of benzene rings is 2. The maximum atomic E-state index is 12.1. The van der Waals surface area contributed by atoms with E-state index in [4.69, 9.17) is 14.7 Å². The molecule has 0 aromatic heterocycles. The fourth-order valence-electron chi connectivity index (χ4n) is 2.33. The van der Waals surface area contributed by atoms with Crippen molar-refractivity contribution < 1.29 is 14.3 Å². The number of hydrogen-bond donors (Lipinski definition) is 0. The highest BCUT2D eigenvalue weighted by Gasteiger charge is 2.29. The van der Waals surface area contributed by atoms with Gasteiger partial charge in [0.05, 0.1) is 11.6 Å². The third-order valence-corrected chi connectivity index (χ3v) is 4.79. The lowest BCUT2D eigenvalue weighted by atomic mass is 10.1. The van der Waals surface area contributed by atoms with E-state index in [-0.39, 0.29) is 17.8 Å². The van der Waals surface area contributed by atoms with Crippen molar-refractivity contribution in [1.29, 1.82) is 5.26 Å². The molecule has 1 aliphatic heterocycles. The van der Waals surface area contributed by atoms with Crippen LogP contribution in [0.4, 0.5) is 0 Å². The molecule has 0 N–H and O–H groups in total. The molecule has 4 nitrogen and oxygen atoms in total. The third-order valence-electron chi connectivity index (χ3n) is 3.49. The summed E-state index contributed by atoms with van der Waals surface area (Å²) in [4.78, 5) is 13.2. The Morgan fingerprint density at radius 2 is 1.96 bits per heavy atom. The monoisotopic (exact) mass is 325 g/mol. The van der Waals surface area contributed by atoms with Gasteiger partial charge in [0.25, 0.3) is 0 Å². The first-order valence-electron chi connectivity index (χ1n) is 7.30. The van der Waals surface area contributed by atoms with Crippen LogP contribution in [0.15, 0.2) is 53.4 Å². The number of carbonyl (C=O) groups excluding carboxylic acids is 1. The van der Waals surface area contributed by atoms with Gasteiger partial charge in [-0.2, -0.15) is 5.26 Å². The lowest BCUT2D eigenvalue weighted by Gasteiger charge is -2.10. The highest BCUT2D eigenvalue weighted by molar-refractivity contribution is 8.01. The largest absolute Gasteiger partial charge is 0.490 e. The summed E-state index contributed by atoms with van der Waals surface area (Å²) in [5.41, 5.74) is 1.79. The molecule has 0 saturated heterocycles. The van der Waals surface area contributed by atoms with E-state index in [1.165, 1.54) is 5.56 Å². The molecular formula is C18H15NO3S. The number of rotatable bonds is 5. The van der Waals surface area contributed by atoms with Gasteiger partial charge in [-0.3, -0.25) is 4.79 Å². The van der Waals surface area contributed by atoms with Crippen LogP contribution in [0, 0.1) is 11.3 Å². The summed E-state index contributed by atoms with van der Waals surface area (Å²) >= 11 is 1.56. The lowest BCUT2D eigenvalue weighted by molar-refractivity contribution is -0.143. The van der Waals surface area contributed by atoms with Crippen molar-refractivity contribution in [1.82, 2.24) is 0 Å². The van der Waals surface area contributed by atoms with Crippen LogP contribution in [-0.4, -0.2) is 24.4 Å². The maximum absolute atomic E-state index is 12.1. The molecule has 0 bridgehead atoms. The summed E-state index contributed by atoms with van der Waals surface area (Å²) in [6.07, 6.45) is 0.718. The van der Waals surface area contributed by atoms with Crippen LogP contribution in [-0.2, 0) is 16.0 Å². The molecule has 0 spiro atoms. The molecule has 0 aliphatic carbocycles. The molecule has 116 valence electrons. The predicted octanol–water partition coefficient (Wildman–Crippen LogP) is 3.20. The van der Waals surface area contributed by atoms with Gasteiger partial charge in [-0.25, -0.2) is 0 Å². The van der Waals surface area contributed by atoms with E-state index >= 15 is 0 Å². The average molecular weight is 325 g/mol. The molecule has 5 heteroatoms. The van der Waals surface area contributed by atoms with Gasteiger partial charge in [0.1, 0.15) is 24.2 Å². The second kappa shape index (κ2) is 7.21. The van der Waals surface area contributed by atoms with E-state index in [1.54, 1.807) is 36.0 Å². The van der Waals surface area contributed by atoms with Crippen molar-refractivity contribution in [3.05, 3.63) is 59.7 Å². The maximum Gasteiger partial charge on any atom is 0.319 e. The van der Waals surface area contributed by atoms with E-state index < -0.39 is 0 Å². The zero-order valence-corrected chi connectivity index (χ0v) is 13.2.